The first-order valence-corrected chi connectivity index (χ1v) is 17.9. The summed E-state index contributed by atoms with van der Waals surface area (Å²) in [6.07, 6.45) is 10.4. The van der Waals surface area contributed by atoms with Gasteiger partial charge in [-0.1, -0.05) is 93.0 Å². The van der Waals surface area contributed by atoms with Gasteiger partial charge in [0, 0.05) is 0 Å². The van der Waals surface area contributed by atoms with Crippen LogP contribution in [0, 0.1) is 49.4 Å². The molecule has 4 nitrogen and oxygen atoms in total. The Morgan fingerprint density at radius 2 is 0.877 bits per heavy atom. The Hall–Kier alpha value is -6.10. The summed E-state index contributed by atoms with van der Waals surface area (Å²) in [5.41, 5.74) is -5.18. The fourth-order valence-electron chi connectivity index (χ4n) is 6.38. The van der Waals surface area contributed by atoms with E-state index in [1.165, 1.54) is 9.80 Å². The van der Waals surface area contributed by atoms with Crippen molar-refractivity contribution in [3.63, 3.8) is 0 Å². The van der Waals surface area contributed by atoms with Gasteiger partial charge in [-0.3, -0.25) is 0 Å². The van der Waals surface area contributed by atoms with E-state index < -0.39 is 34.5 Å². The summed E-state index contributed by atoms with van der Waals surface area (Å²) in [6, 6.07) is 20.1. The highest BCUT2D eigenvalue weighted by atomic mass is 19.4. The second-order valence-corrected chi connectivity index (χ2v) is 15.3. The lowest BCUT2D eigenvalue weighted by molar-refractivity contribution is -0.288. The number of alkyl halides is 6. The number of halogens is 6. The Labute approximate surface area is 332 Å². The Bertz CT molecular complexity index is 2150. The van der Waals surface area contributed by atoms with Crippen LogP contribution in [0.4, 0.5) is 37.7 Å². The molecule has 0 aliphatic carbocycles. The maximum absolute atomic E-state index is 15.6. The van der Waals surface area contributed by atoms with E-state index in [1.54, 1.807) is 45.0 Å². The lowest BCUT2D eigenvalue weighted by Gasteiger charge is -2.40. The van der Waals surface area contributed by atoms with Crippen LogP contribution in [0.15, 0.2) is 84.9 Å². The molecule has 10 heteroatoms. The zero-order chi connectivity index (χ0) is 42.4. The van der Waals surface area contributed by atoms with Crippen molar-refractivity contribution in [3.05, 3.63) is 102 Å². The molecule has 0 fully saturated rings. The summed E-state index contributed by atoms with van der Waals surface area (Å²) in [6.45, 7) is 10.4. The highest BCUT2D eigenvalue weighted by Gasteiger charge is 2.72. The summed E-state index contributed by atoms with van der Waals surface area (Å²) >= 11 is 0. The van der Waals surface area contributed by atoms with Crippen LogP contribution in [0.3, 0.4) is 0 Å². The predicted octanol–water partition coefficient (Wildman–Crippen LogP) is 11.2. The molecule has 4 rings (SSSR count). The molecule has 0 aliphatic heterocycles. The normalized spacial score (nSPS) is 12.1. The second-order valence-electron chi connectivity index (χ2n) is 15.3. The molecule has 0 bridgehead atoms. The maximum Gasteiger partial charge on any atom is 0.411 e. The van der Waals surface area contributed by atoms with Crippen molar-refractivity contribution in [2.45, 2.75) is 70.3 Å². The summed E-state index contributed by atoms with van der Waals surface area (Å²) in [7, 11) is 0. The largest absolute Gasteiger partial charge is 0.486 e. The summed E-state index contributed by atoms with van der Waals surface area (Å²) in [5, 5.41) is 0. The fourth-order valence-corrected chi connectivity index (χ4v) is 6.38. The quantitative estimate of drug-likeness (QED) is 0.106. The minimum Gasteiger partial charge on any atom is -0.486 e. The molecule has 0 aromatic heterocycles. The Morgan fingerprint density at radius 1 is 0.509 bits per heavy atom. The third kappa shape index (κ3) is 9.65. The van der Waals surface area contributed by atoms with Crippen LogP contribution >= 0.6 is 0 Å². The number of terminal acetylenes is 4. The van der Waals surface area contributed by atoms with Gasteiger partial charge in [-0.05, 0) is 90.4 Å². The number of hydrogen-bond donors (Lipinski definition) is 0. The predicted molar refractivity (Wildman–Crippen MR) is 217 cm³/mol. The van der Waals surface area contributed by atoms with Gasteiger partial charge in [-0.15, -0.1) is 25.7 Å². The molecule has 0 radical (unpaired) electrons. The number of rotatable bonds is 12. The van der Waals surface area contributed by atoms with Crippen molar-refractivity contribution in [2.24, 2.45) is 0 Å². The highest BCUT2D eigenvalue weighted by molar-refractivity contribution is 5.69. The number of ether oxygens (including phenoxy) is 2. The van der Waals surface area contributed by atoms with Crippen LogP contribution in [0.5, 0.6) is 17.2 Å². The molecule has 0 amide bonds. The summed E-state index contributed by atoms with van der Waals surface area (Å²) in [4.78, 5) is 2.58. The van der Waals surface area contributed by atoms with Crippen LogP contribution in [0.2, 0.25) is 0 Å². The van der Waals surface area contributed by atoms with Gasteiger partial charge < -0.3 is 19.3 Å². The molecule has 0 spiro atoms. The van der Waals surface area contributed by atoms with Crippen molar-refractivity contribution in [1.29, 1.82) is 0 Å². The standard InChI is InChI=1S/C47H44F6N2O2/c1-11-27-54(28-12-2)39-31-36(21-25-41(39)56-38-23-17-34(18-24-38)33-15-19-35(20-16-33)43(5,6)7)45(46(48,49)50,47(51,52)53)37-22-26-42(57-44(8,9)10)40(32-37)55(29-13-3)30-14-4/h1-4,15-26,31-32H,27-30H2,5-10H3. The van der Waals surface area contributed by atoms with Crippen LogP contribution in [-0.2, 0) is 10.8 Å². The van der Waals surface area contributed by atoms with Gasteiger partial charge in [0.2, 0.25) is 5.41 Å². The van der Waals surface area contributed by atoms with Crippen LogP contribution in [-0.4, -0.2) is 44.1 Å². The molecular formula is C47H44F6N2O2. The SMILES string of the molecule is C#CCN(CC#C)c1cc(C(c2ccc(OC(C)(C)C)c(N(CC#C)CC#C)c2)(C(F)(F)F)C(F)(F)F)ccc1Oc1ccc(-c2ccc(C(C)(C)C)cc2)cc1. The Kier molecular flexibility index (Phi) is 13.0. The van der Waals surface area contributed by atoms with E-state index in [4.69, 9.17) is 35.2 Å². The maximum atomic E-state index is 15.6. The first kappa shape index (κ1) is 43.6. The zero-order valence-corrected chi connectivity index (χ0v) is 32.7. The van der Waals surface area contributed by atoms with E-state index in [-0.39, 0.29) is 60.2 Å². The average molecular weight is 783 g/mol. The average Bonchev–Trinajstić information content (AvgIpc) is 3.11. The molecule has 4 aromatic carbocycles. The molecule has 0 aliphatic rings. The molecule has 296 valence electrons. The summed E-state index contributed by atoms with van der Waals surface area (Å²) < 4.78 is 106. The van der Waals surface area contributed by atoms with E-state index >= 15 is 26.3 Å². The summed E-state index contributed by atoms with van der Waals surface area (Å²) in [5.74, 6) is 9.65. The molecule has 0 saturated carbocycles. The number of benzene rings is 4. The Balaban J connectivity index is 1.95. The van der Waals surface area contributed by atoms with Crippen molar-refractivity contribution in [2.75, 3.05) is 36.0 Å². The molecule has 0 saturated heterocycles. The monoisotopic (exact) mass is 782 g/mol. The lowest BCUT2D eigenvalue weighted by atomic mass is 9.72. The van der Waals surface area contributed by atoms with Crippen molar-refractivity contribution < 1.29 is 35.8 Å². The molecule has 4 aromatic rings. The first-order chi connectivity index (χ1) is 26.6. The Morgan fingerprint density at radius 3 is 1.25 bits per heavy atom. The van der Waals surface area contributed by atoms with Gasteiger partial charge in [0.1, 0.15) is 17.1 Å². The van der Waals surface area contributed by atoms with Crippen molar-refractivity contribution >= 4 is 11.4 Å². The smallest absolute Gasteiger partial charge is 0.411 e. The van der Waals surface area contributed by atoms with Crippen LogP contribution < -0.4 is 19.3 Å². The van der Waals surface area contributed by atoms with E-state index in [0.29, 0.717) is 0 Å². The number of anilines is 2. The molecular weight excluding hydrogens is 739 g/mol. The molecule has 57 heavy (non-hydrogen) atoms. The van der Waals surface area contributed by atoms with Gasteiger partial charge in [0.05, 0.1) is 37.6 Å². The van der Waals surface area contributed by atoms with Gasteiger partial charge in [-0.2, -0.15) is 26.3 Å². The lowest BCUT2D eigenvalue weighted by Crippen LogP contribution is -2.55. The highest BCUT2D eigenvalue weighted by Crippen LogP contribution is 2.58. The molecule has 0 N–H and O–H groups in total. The number of nitrogens with zero attached hydrogens (tertiary/aromatic N) is 2. The van der Waals surface area contributed by atoms with E-state index in [2.05, 4.69) is 44.5 Å². The minimum atomic E-state index is -5.94. The van der Waals surface area contributed by atoms with E-state index in [9.17, 15) is 0 Å². The van der Waals surface area contributed by atoms with Crippen molar-refractivity contribution in [3.8, 4) is 77.8 Å². The van der Waals surface area contributed by atoms with Gasteiger partial charge >= 0.3 is 12.4 Å². The first-order valence-electron chi connectivity index (χ1n) is 17.9. The second kappa shape index (κ2) is 17.0. The van der Waals surface area contributed by atoms with Crippen LogP contribution in [0.1, 0.15) is 58.2 Å². The third-order valence-electron chi connectivity index (χ3n) is 9.03. The third-order valence-corrected chi connectivity index (χ3v) is 9.03. The minimum absolute atomic E-state index is 0.0124. The molecule has 0 atom stereocenters. The molecule has 0 unspecified atom stereocenters. The van der Waals surface area contributed by atoms with Crippen molar-refractivity contribution in [1.82, 2.24) is 0 Å². The van der Waals surface area contributed by atoms with E-state index in [1.807, 2.05) is 24.3 Å². The van der Waals surface area contributed by atoms with E-state index in [0.717, 1.165) is 53.1 Å². The van der Waals surface area contributed by atoms with Gasteiger partial charge in [-0.25, -0.2) is 0 Å². The molecule has 0 heterocycles. The topological polar surface area (TPSA) is 24.9 Å². The van der Waals surface area contributed by atoms with Gasteiger partial charge in [0.25, 0.3) is 0 Å². The van der Waals surface area contributed by atoms with Gasteiger partial charge in [0.15, 0.2) is 5.75 Å². The fraction of sp³-hybridized carbons (Fsp3) is 0.319. The zero-order valence-electron chi connectivity index (χ0n) is 32.7. The van der Waals surface area contributed by atoms with Crippen LogP contribution in [0.25, 0.3) is 11.1 Å². The number of hydrogen-bond acceptors (Lipinski definition) is 4.